The number of likely N-dealkylation sites (tertiary alicyclic amines) is 1. The van der Waals surface area contributed by atoms with Crippen molar-refractivity contribution < 1.29 is 23.8 Å². The highest BCUT2D eigenvalue weighted by atomic mass is 35.5. The summed E-state index contributed by atoms with van der Waals surface area (Å²) in [6.45, 7) is 2.33. The van der Waals surface area contributed by atoms with Gasteiger partial charge in [-0.15, -0.1) is 0 Å². The molecule has 3 aliphatic heterocycles. The largest absolute Gasteiger partial charge is 0.449 e. The molecule has 0 bridgehead atoms. The molecule has 160 valence electrons. The van der Waals surface area contributed by atoms with E-state index in [2.05, 4.69) is 5.32 Å². The quantitative estimate of drug-likeness (QED) is 0.721. The molecule has 8 heteroatoms. The van der Waals surface area contributed by atoms with Crippen molar-refractivity contribution in [2.75, 3.05) is 31.6 Å². The van der Waals surface area contributed by atoms with Gasteiger partial charge in [-0.3, -0.25) is 9.59 Å². The number of rotatable bonds is 2. The zero-order valence-corrected chi connectivity index (χ0v) is 17.5. The molecular formula is C23H21ClN2O5. The molecule has 0 radical (unpaired) electrons. The standard InChI is InChI=1S/C23H21ClN2O5/c24-17-3-1-2-15(12-17)13-20-21(27)25-18-14-16(4-5-19(18)31-20)22(28)26-8-6-23(7-9-26)29-10-11-30-23/h1-5,12-14H,6-11H2,(H,25,27). The summed E-state index contributed by atoms with van der Waals surface area (Å²) in [6.07, 6.45) is 2.93. The molecule has 2 saturated heterocycles. The molecule has 2 aromatic carbocycles. The lowest BCUT2D eigenvalue weighted by molar-refractivity contribution is -0.181. The first-order chi connectivity index (χ1) is 15.0. The van der Waals surface area contributed by atoms with Gasteiger partial charge in [-0.2, -0.15) is 0 Å². The second-order valence-corrected chi connectivity index (χ2v) is 8.17. The fourth-order valence-electron chi connectivity index (χ4n) is 4.06. The van der Waals surface area contributed by atoms with Gasteiger partial charge in [0.05, 0.1) is 18.9 Å². The summed E-state index contributed by atoms with van der Waals surface area (Å²) in [4.78, 5) is 27.3. The molecular weight excluding hydrogens is 420 g/mol. The highest BCUT2D eigenvalue weighted by Gasteiger charge is 2.41. The Morgan fingerprint density at radius 1 is 1.10 bits per heavy atom. The second-order valence-electron chi connectivity index (χ2n) is 7.73. The molecule has 2 amide bonds. The number of amides is 2. The maximum Gasteiger partial charge on any atom is 0.291 e. The number of anilines is 1. The summed E-state index contributed by atoms with van der Waals surface area (Å²) in [7, 11) is 0. The first-order valence-corrected chi connectivity index (χ1v) is 10.6. The number of nitrogens with zero attached hydrogens (tertiary/aromatic N) is 1. The molecule has 0 atom stereocenters. The number of ether oxygens (including phenoxy) is 3. The minimum atomic E-state index is -0.528. The van der Waals surface area contributed by atoms with E-state index in [4.69, 9.17) is 25.8 Å². The maximum atomic E-state index is 13.0. The Labute approximate surface area is 184 Å². The fraction of sp³-hybridized carbons (Fsp3) is 0.304. The van der Waals surface area contributed by atoms with Crippen LogP contribution in [0.4, 0.5) is 5.69 Å². The Morgan fingerprint density at radius 3 is 2.61 bits per heavy atom. The predicted octanol–water partition coefficient (Wildman–Crippen LogP) is 3.69. The van der Waals surface area contributed by atoms with Crippen LogP contribution < -0.4 is 10.1 Å². The number of halogens is 1. The molecule has 5 rings (SSSR count). The lowest BCUT2D eigenvalue weighted by Gasteiger charge is -2.37. The number of piperidine rings is 1. The number of carbonyl (C=O) groups is 2. The topological polar surface area (TPSA) is 77.1 Å². The Bertz CT molecular complexity index is 1070. The van der Waals surface area contributed by atoms with Gasteiger partial charge in [-0.05, 0) is 42.0 Å². The van der Waals surface area contributed by atoms with Crippen LogP contribution in [0.3, 0.4) is 0 Å². The number of benzene rings is 2. The van der Waals surface area contributed by atoms with Gasteiger partial charge in [0, 0.05) is 36.5 Å². The number of hydrogen-bond acceptors (Lipinski definition) is 5. The van der Waals surface area contributed by atoms with Crippen molar-refractivity contribution in [1.82, 2.24) is 4.90 Å². The van der Waals surface area contributed by atoms with Crippen LogP contribution in [0, 0.1) is 0 Å². The molecule has 31 heavy (non-hydrogen) atoms. The van der Waals surface area contributed by atoms with Crippen molar-refractivity contribution in [3.63, 3.8) is 0 Å². The molecule has 3 heterocycles. The van der Waals surface area contributed by atoms with Crippen LogP contribution >= 0.6 is 11.6 Å². The van der Waals surface area contributed by atoms with Gasteiger partial charge in [0.2, 0.25) is 0 Å². The average Bonchev–Trinajstić information content (AvgIpc) is 3.22. The first-order valence-electron chi connectivity index (χ1n) is 10.2. The number of carbonyl (C=O) groups excluding carboxylic acids is 2. The lowest BCUT2D eigenvalue weighted by Crippen LogP contribution is -2.47. The third kappa shape index (κ3) is 4.04. The fourth-order valence-corrected chi connectivity index (χ4v) is 4.26. The minimum absolute atomic E-state index is 0.0924. The number of fused-ring (bicyclic) bond motifs is 1. The summed E-state index contributed by atoms with van der Waals surface area (Å²) in [5, 5.41) is 3.38. The van der Waals surface area contributed by atoms with Crippen LogP contribution in [0.25, 0.3) is 6.08 Å². The summed E-state index contributed by atoms with van der Waals surface area (Å²) >= 11 is 6.01. The minimum Gasteiger partial charge on any atom is -0.449 e. The van der Waals surface area contributed by atoms with Gasteiger partial charge in [0.15, 0.2) is 17.3 Å². The lowest BCUT2D eigenvalue weighted by atomic mass is 10.0. The van der Waals surface area contributed by atoms with Crippen molar-refractivity contribution >= 4 is 35.2 Å². The maximum absolute atomic E-state index is 13.0. The molecule has 2 fully saturated rings. The summed E-state index contributed by atoms with van der Waals surface area (Å²) in [5.74, 6) is -0.362. The van der Waals surface area contributed by atoms with E-state index in [1.54, 1.807) is 47.4 Å². The van der Waals surface area contributed by atoms with Crippen molar-refractivity contribution in [3.05, 3.63) is 64.4 Å². The normalized spacial score (nSPS) is 21.0. The highest BCUT2D eigenvalue weighted by Crippen LogP contribution is 2.35. The van der Waals surface area contributed by atoms with E-state index in [0.717, 1.165) is 5.56 Å². The zero-order valence-electron chi connectivity index (χ0n) is 16.7. The average molecular weight is 441 g/mol. The van der Waals surface area contributed by atoms with E-state index >= 15 is 0 Å². The molecule has 0 saturated carbocycles. The molecule has 0 unspecified atom stereocenters. The molecule has 7 nitrogen and oxygen atoms in total. The van der Waals surface area contributed by atoms with E-state index in [1.807, 2.05) is 6.07 Å². The Hall–Kier alpha value is -2.87. The van der Waals surface area contributed by atoms with E-state index in [9.17, 15) is 9.59 Å². The number of nitrogens with one attached hydrogen (secondary N) is 1. The highest BCUT2D eigenvalue weighted by molar-refractivity contribution is 6.30. The third-order valence-electron chi connectivity index (χ3n) is 5.69. The van der Waals surface area contributed by atoms with Crippen LogP contribution in [0.2, 0.25) is 5.02 Å². The summed E-state index contributed by atoms with van der Waals surface area (Å²) in [5.41, 5.74) is 1.72. The van der Waals surface area contributed by atoms with Crippen LogP contribution in [0.1, 0.15) is 28.8 Å². The van der Waals surface area contributed by atoms with E-state index in [-0.39, 0.29) is 17.6 Å². The van der Waals surface area contributed by atoms with Crippen molar-refractivity contribution in [2.45, 2.75) is 18.6 Å². The SMILES string of the molecule is O=C1Nc2cc(C(=O)N3CCC4(CC3)OCCO4)ccc2OC1=Cc1cccc(Cl)c1. The summed E-state index contributed by atoms with van der Waals surface area (Å²) < 4.78 is 17.2. The van der Waals surface area contributed by atoms with Crippen LogP contribution in [0.5, 0.6) is 5.75 Å². The Morgan fingerprint density at radius 2 is 1.87 bits per heavy atom. The monoisotopic (exact) mass is 440 g/mol. The molecule has 2 aromatic rings. The molecule has 1 spiro atoms. The zero-order chi connectivity index (χ0) is 21.4. The molecule has 0 aromatic heterocycles. The van der Waals surface area contributed by atoms with Crippen LogP contribution in [-0.2, 0) is 14.3 Å². The van der Waals surface area contributed by atoms with E-state index < -0.39 is 5.79 Å². The second kappa shape index (κ2) is 8.00. The summed E-state index contributed by atoms with van der Waals surface area (Å²) in [6, 6.07) is 12.2. The van der Waals surface area contributed by atoms with E-state index in [0.29, 0.717) is 61.2 Å². The van der Waals surface area contributed by atoms with Gasteiger partial charge >= 0.3 is 0 Å². The van der Waals surface area contributed by atoms with Gasteiger partial charge < -0.3 is 24.4 Å². The molecule has 1 N–H and O–H groups in total. The van der Waals surface area contributed by atoms with Crippen molar-refractivity contribution in [2.24, 2.45) is 0 Å². The van der Waals surface area contributed by atoms with Crippen LogP contribution in [0.15, 0.2) is 48.2 Å². The number of hydrogen-bond donors (Lipinski definition) is 1. The molecule has 0 aliphatic carbocycles. The Kier molecular flexibility index (Phi) is 5.17. The van der Waals surface area contributed by atoms with E-state index in [1.165, 1.54) is 0 Å². The molecule has 3 aliphatic rings. The van der Waals surface area contributed by atoms with Crippen molar-refractivity contribution in [1.29, 1.82) is 0 Å². The van der Waals surface area contributed by atoms with Crippen LogP contribution in [-0.4, -0.2) is 48.8 Å². The predicted molar refractivity (Wildman–Crippen MR) is 115 cm³/mol. The van der Waals surface area contributed by atoms with Gasteiger partial charge in [0.1, 0.15) is 0 Å². The third-order valence-corrected chi connectivity index (χ3v) is 5.93. The van der Waals surface area contributed by atoms with Crippen molar-refractivity contribution in [3.8, 4) is 5.75 Å². The smallest absolute Gasteiger partial charge is 0.291 e. The Balaban J connectivity index is 1.31. The first kappa shape index (κ1) is 20.1. The van der Waals surface area contributed by atoms with Gasteiger partial charge in [0.25, 0.3) is 11.8 Å². The van der Waals surface area contributed by atoms with Gasteiger partial charge in [-0.1, -0.05) is 23.7 Å². The van der Waals surface area contributed by atoms with Gasteiger partial charge in [-0.25, -0.2) is 0 Å².